The van der Waals surface area contributed by atoms with Crippen LogP contribution in [0.25, 0.3) is 11.5 Å². The molecule has 1 fully saturated rings. The average molecular weight is 395 g/mol. The van der Waals surface area contributed by atoms with Gasteiger partial charge in [0.1, 0.15) is 5.69 Å². The third-order valence-electron chi connectivity index (χ3n) is 5.07. The largest absolute Gasteiger partial charge is 0.376 e. The number of carbonyl (C=O) groups is 1. The van der Waals surface area contributed by atoms with Crippen LogP contribution in [0.5, 0.6) is 0 Å². The minimum atomic E-state index is 0.0170. The number of ether oxygens (including phenoxy) is 1. The fraction of sp³-hybridized carbons (Fsp3) is 0.429. The highest BCUT2D eigenvalue weighted by molar-refractivity contribution is 5.92. The summed E-state index contributed by atoms with van der Waals surface area (Å²) in [5, 5.41) is 8.22. The number of rotatable bonds is 7. The van der Waals surface area contributed by atoms with Crippen molar-refractivity contribution in [3.63, 3.8) is 0 Å². The van der Waals surface area contributed by atoms with Crippen molar-refractivity contribution in [1.82, 2.24) is 24.8 Å². The van der Waals surface area contributed by atoms with E-state index >= 15 is 0 Å². The van der Waals surface area contributed by atoms with Crippen molar-refractivity contribution in [1.29, 1.82) is 0 Å². The smallest absolute Gasteiger partial charge is 0.272 e. The number of nitrogens with zero attached hydrogens (tertiary/aromatic N) is 5. The van der Waals surface area contributed by atoms with Crippen LogP contribution in [-0.2, 0) is 17.7 Å². The van der Waals surface area contributed by atoms with Gasteiger partial charge in [-0.2, -0.15) is 10.1 Å². The van der Waals surface area contributed by atoms with Gasteiger partial charge in [0.2, 0.25) is 0 Å². The molecule has 1 aliphatic rings. The quantitative estimate of drug-likeness (QED) is 0.611. The Balaban J connectivity index is 1.28. The molecule has 1 amide bonds. The summed E-state index contributed by atoms with van der Waals surface area (Å²) in [6, 6.07) is 11.5. The summed E-state index contributed by atoms with van der Waals surface area (Å²) in [5.41, 5.74) is 1.54. The van der Waals surface area contributed by atoms with Crippen LogP contribution in [0.1, 0.15) is 36.1 Å². The summed E-state index contributed by atoms with van der Waals surface area (Å²) >= 11 is 0. The molecule has 1 aliphatic heterocycles. The molecule has 2 aromatic heterocycles. The van der Waals surface area contributed by atoms with Crippen LogP contribution < -0.4 is 0 Å². The van der Waals surface area contributed by atoms with Crippen molar-refractivity contribution >= 4 is 5.91 Å². The zero-order valence-electron chi connectivity index (χ0n) is 16.5. The Labute approximate surface area is 169 Å². The highest BCUT2D eigenvalue weighted by Gasteiger charge is 2.26. The molecule has 8 nitrogen and oxygen atoms in total. The van der Waals surface area contributed by atoms with Gasteiger partial charge in [0.25, 0.3) is 11.8 Å². The highest BCUT2D eigenvalue weighted by atomic mass is 16.5. The highest BCUT2D eigenvalue weighted by Crippen LogP contribution is 2.18. The first-order chi connectivity index (χ1) is 14.2. The summed E-state index contributed by atoms with van der Waals surface area (Å²) in [7, 11) is 0. The fourth-order valence-corrected chi connectivity index (χ4v) is 3.56. The van der Waals surface area contributed by atoms with Gasteiger partial charge in [-0.15, -0.1) is 0 Å². The van der Waals surface area contributed by atoms with Crippen molar-refractivity contribution < 1.29 is 14.1 Å². The standard InChI is InChI=1S/C21H25N5O3/c1-2-26-18(10-12-22-26)21(27)25-13-6-9-17(15-25)28-14-11-19-23-20(29-24-19)16-7-4-3-5-8-16/h3-5,7-8,10,12,17H,2,6,9,11,13-15H2,1H3. The van der Waals surface area contributed by atoms with Crippen molar-refractivity contribution in [2.45, 2.75) is 38.8 Å². The number of aromatic nitrogens is 4. The Morgan fingerprint density at radius 2 is 2.14 bits per heavy atom. The SMILES string of the molecule is CCn1nccc1C(=O)N1CCCC(OCCc2noc(-c3ccccc3)n2)C1. The maximum Gasteiger partial charge on any atom is 0.272 e. The number of piperidine rings is 1. The molecule has 4 rings (SSSR count). The van der Waals surface area contributed by atoms with E-state index in [1.165, 1.54) is 0 Å². The van der Waals surface area contributed by atoms with Crippen LogP contribution in [0.3, 0.4) is 0 Å². The number of carbonyl (C=O) groups excluding carboxylic acids is 1. The molecule has 1 atom stereocenters. The van der Waals surface area contributed by atoms with Gasteiger partial charge in [0.15, 0.2) is 5.82 Å². The van der Waals surface area contributed by atoms with Crippen LogP contribution >= 0.6 is 0 Å². The molecule has 3 aromatic rings. The second-order valence-electron chi connectivity index (χ2n) is 7.05. The zero-order valence-corrected chi connectivity index (χ0v) is 16.5. The van der Waals surface area contributed by atoms with E-state index in [1.54, 1.807) is 16.9 Å². The van der Waals surface area contributed by atoms with Crippen LogP contribution in [-0.4, -0.2) is 56.5 Å². The molecule has 0 spiro atoms. The average Bonchev–Trinajstić information content (AvgIpc) is 3.44. The predicted octanol–water partition coefficient (Wildman–Crippen LogP) is 2.82. The molecular weight excluding hydrogens is 370 g/mol. The van der Waals surface area contributed by atoms with Gasteiger partial charge in [-0.25, -0.2) is 0 Å². The summed E-state index contributed by atoms with van der Waals surface area (Å²) in [5.74, 6) is 1.16. The molecule has 152 valence electrons. The Morgan fingerprint density at radius 1 is 1.28 bits per heavy atom. The molecular formula is C21H25N5O3. The van der Waals surface area contributed by atoms with E-state index in [-0.39, 0.29) is 12.0 Å². The van der Waals surface area contributed by atoms with E-state index in [0.29, 0.717) is 43.5 Å². The van der Waals surface area contributed by atoms with Gasteiger partial charge in [0, 0.05) is 37.8 Å². The van der Waals surface area contributed by atoms with E-state index in [1.807, 2.05) is 42.2 Å². The lowest BCUT2D eigenvalue weighted by atomic mass is 10.1. The van der Waals surface area contributed by atoms with Crippen LogP contribution in [0.15, 0.2) is 47.1 Å². The minimum absolute atomic E-state index is 0.0170. The molecule has 3 heterocycles. The van der Waals surface area contributed by atoms with Crippen molar-refractivity contribution in [3.05, 3.63) is 54.1 Å². The molecule has 1 saturated heterocycles. The lowest BCUT2D eigenvalue weighted by Gasteiger charge is -2.32. The number of benzene rings is 1. The number of hydrogen-bond donors (Lipinski definition) is 0. The first-order valence-corrected chi connectivity index (χ1v) is 10.0. The van der Waals surface area contributed by atoms with Crippen LogP contribution in [0.4, 0.5) is 0 Å². The van der Waals surface area contributed by atoms with Crippen molar-refractivity contribution in [2.24, 2.45) is 0 Å². The third-order valence-corrected chi connectivity index (χ3v) is 5.07. The molecule has 0 aliphatic carbocycles. The number of likely N-dealkylation sites (tertiary alicyclic amines) is 1. The first-order valence-electron chi connectivity index (χ1n) is 10.0. The molecule has 1 unspecified atom stereocenters. The molecule has 29 heavy (non-hydrogen) atoms. The molecule has 0 bridgehead atoms. The van der Waals surface area contributed by atoms with E-state index < -0.39 is 0 Å². The lowest BCUT2D eigenvalue weighted by molar-refractivity contribution is 0.00212. The van der Waals surface area contributed by atoms with E-state index in [2.05, 4.69) is 15.2 Å². The second kappa shape index (κ2) is 9.00. The number of hydrogen-bond acceptors (Lipinski definition) is 6. The number of aryl methyl sites for hydroxylation is 1. The topological polar surface area (TPSA) is 86.3 Å². The Morgan fingerprint density at radius 3 is 2.97 bits per heavy atom. The lowest BCUT2D eigenvalue weighted by Crippen LogP contribution is -2.44. The second-order valence-corrected chi connectivity index (χ2v) is 7.05. The molecule has 1 aromatic carbocycles. The Hall–Kier alpha value is -3.00. The van der Waals surface area contributed by atoms with Gasteiger partial charge >= 0.3 is 0 Å². The molecule has 8 heteroatoms. The normalized spacial score (nSPS) is 16.9. The number of amides is 1. The van der Waals surface area contributed by atoms with Gasteiger partial charge in [0.05, 0.1) is 12.7 Å². The molecule has 0 radical (unpaired) electrons. The Kier molecular flexibility index (Phi) is 6.00. The van der Waals surface area contributed by atoms with Gasteiger partial charge in [-0.3, -0.25) is 9.48 Å². The van der Waals surface area contributed by atoms with Gasteiger partial charge in [-0.05, 0) is 38.0 Å². The summed E-state index contributed by atoms with van der Waals surface area (Å²) in [6.07, 6.45) is 4.13. The monoisotopic (exact) mass is 395 g/mol. The first kappa shape index (κ1) is 19.3. The van der Waals surface area contributed by atoms with E-state index in [9.17, 15) is 4.79 Å². The molecule has 0 N–H and O–H groups in total. The summed E-state index contributed by atoms with van der Waals surface area (Å²) in [6.45, 7) is 4.49. The van der Waals surface area contributed by atoms with E-state index in [0.717, 1.165) is 24.9 Å². The van der Waals surface area contributed by atoms with Gasteiger partial charge < -0.3 is 14.2 Å². The van der Waals surface area contributed by atoms with Crippen LogP contribution in [0.2, 0.25) is 0 Å². The fourth-order valence-electron chi connectivity index (χ4n) is 3.56. The minimum Gasteiger partial charge on any atom is -0.376 e. The predicted molar refractivity (Wildman–Crippen MR) is 106 cm³/mol. The summed E-state index contributed by atoms with van der Waals surface area (Å²) < 4.78 is 13.1. The third kappa shape index (κ3) is 4.54. The molecule has 0 saturated carbocycles. The Bertz CT molecular complexity index is 937. The van der Waals surface area contributed by atoms with E-state index in [4.69, 9.17) is 9.26 Å². The zero-order chi connectivity index (χ0) is 20.1. The van der Waals surface area contributed by atoms with Crippen molar-refractivity contribution in [3.8, 4) is 11.5 Å². The maximum atomic E-state index is 12.8. The van der Waals surface area contributed by atoms with Crippen molar-refractivity contribution in [2.75, 3.05) is 19.7 Å². The van der Waals surface area contributed by atoms with Crippen LogP contribution in [0, 0.1) is 0 Å². The summed E-state index contributed by atoms with van der Waals surface area (Å²) in [4.78, 5) is 19.1. The van der Waals surface area contributed by atoms with Gasteiger partial charge in [-0.1, -0.05) is 23.4 Å². The maximum absolute atomic E-state index is 12.8.